The number of alkyl halides is 17. The van der Waals surface area contributed by atoms with E-state index in [1.165, 1.54) is 0 Å². The van der Waals surface area contributed by atoms with Crippen molar-refractivity contribution in [1.82, 2.24) is 5.43 Å². The molecule has 0 unspecified atom stereocenters. The Balaban J connectivity index is 6.53. The Morgan fingerprint density at radius 1 is 0.548 bits per heavy atom. The second-order valence-electron chi connectivity index (χ2n) is 5.72. The van der Waals surface area contributed by atoms with Crippen molar-refractivity contribution in [2.45, 2.75) is 60.5 Å². The predicted octanol–water partition coefficient (Wildman–Crippen LogP) is 4.77. The molecule has 20 heteroatoms. The molecule has 0 aliphatic rings. The summed E-state index contributed by atoms with van der Waals surface area (Å²) in [7, 11) is 0. The third-order valence-corrected chi connectivity index (χ3v) is 3.61. The molecule has 0 spiro atoms. The summed E-state index contributed by atoms with van der Waals surface area (Å²) in [5.74, 6) is -54.3. The first-order valence-electron chi connectivity index (χ1n) is 6.91. The van der Waals surface area contributed by atoms with E-state index >= 15 is 0 Å². The third-order valence-electron chi connectivity index (χ3n) is 3.61. The van der Waals surface area contributed by atoms with Crippen molar-refractivity contribution in [2.75, 3.05) is 0 Å². The van der Waals surface area contributed by atoms with Crippen molar-refractivity contribution in [3.05, 3.63) is 0 Å². The fourth-order valence-corrected chi connectivity index (χ4v) is 1.70. The minimum Gasteiger partial charge on any atom is -0.294 e. The van der Waals surface area contributed by atoms with E-state index in [0.29, 0.717) is 0 Å². The van der Waals surface area contributed by atoms with Gasteiger partial charge in [0.25, 0.3) is 0 Å². The molecule has 1 amide bonds. The Morgan fingerprint density at radius 2 is 0.839 bits per heavy atom. The standard InChI is InChI=1S/C11H7F17N2O/c12-4(13,2-1-3(31)30-29)5(14,15)6(16,17)7(18,19)8(20,21)9(22,23)10(24,25)11(26,27)28/h1-2,29H2,(H,30,31). The molecule has 0 aromatic carbocycles. The Bertz CT molecular complexity index is 667. The largest absolute Gasteiger partial charge is 0.460 e. The van der Waals surface area contributed by atoms with Gasteiger partial charge in [0.2, 0.25) is 5.91 Å². The van der Waals surface area contributed by atoms with Gasteiger partial charge >= 0.3 is 47.6 Å². The van der Waals surface area contributed by atoms with Gasteiger partial charge in [0, 0.05) is 12.8 Å². The van der Waals surface area contributed by atoms with E-state index in [9.17, 15) is 79.4 Å². The van der Waals surface area contributed by atoms with Crippen LogP contribution in [0.3, 0.4) is 0 Å². The lowest BCUT2D eigenvalue weighted by Crippen LogP contribution is -2.74. The van der Waals surface area contributed by atoms with Crippen LogP contribution in [0.25, 0.3) is 0 Å². The first-order valence-corrected chi connectivity index (χ1v) is 6.91. The van der Waals surface area contributed by atoms with Gasteiger partial charge in [0.05, 0.1) is 0 Å². The maximum Gasteiger partial charge on any atom is 0.460 e. The zero-order valence-corrected chi connectivity index (χ0v) is 13.8. The Kier molecular flexibility index (Phi) is 7.24. The van der Waals surface area contributed by atoms with Gasteiger partial charge in [-0.05, 0) is 0 Å². The summed E-state index contributed by atoms with van der Waals surface area (Å²) in [6.45, 7) is 0. The maximum atomic E-state index is 13.3. The number of hydrazine groups is 1. The monoisotopic (exact) mass is 506 g/mol. The fourth-order valence-electron chi connectivity index (χ4n) is 1.70. The SMILES string of the molecule is NNC(=O)CCC(F)(F)C(F)(F)C(F)(F)C(F)(F)C(F)(F)C(F)(F)C(F)(F)C(F)(F)F. The molecule has 0 saturated heterocycles. The Morgan fingerprint density at radius 3 is 1.13 bits per heavy atom. The van der Waals surface area contributed by atoms with Crippen molar-refractivity contribution >= 4 is 5.91 Å². The lowest BCUT2D eigenvalue weighted by atomic mass is 9.88. The zero-order chi connectivity index (χ0) is 25.7. The second-order valence-corrected chi connectivity index (χ2v) is 5.72. The minimum atomic E-state index is -8.67. The molecular formula is C11H7F17N2O. The van der Waals surface area contributed by atoms with E-state index in [4.69, 9.17) is 0 Å². The van der Waals surface area contributed by atoms with Crippen molar-refractivity contribution in [3.8, 4) is 0 Å². The Labute approximate surface area is 158 Å². The van der Waals surface area contributed by atoms with E-state index in [-0.39, 0.29) is 0 Å². The quantitative estimate of drug-likeness (QED) is 0.205. The molecule has 31 heavy (non-hydrogen) atoms. The summed E-state index contributed by atoms with van der Waals surface area (Å²) in [6.07, 6.45) is -12.6. The van der Waals surface area contributed by atoms with Crippen molar-refractivity contribution < 1.29 is 79.4 Å². The number of amides is 1. The van der Waals surface area contributed by atoms with Gasteiger partial charge in [-0.15, -0.1) is 0 Å². The van der Waals surface area contributed by atoms with Crippen LogP contribution in [-0.2, 0) is 4.79 Å². The highest BCUT2D eigenvalue weighted by atomic mass is 19.4. The van der Waals surface area contributed by atoms with Crippen molar-refractivity contribution in [3.63, 3.8) is 0 Å². The van der Waals surface area contributed by atoms with Crippen LogP contribution in [0, 0.1) is 0 Å². The molecule has 186 valence electrons. The molecule has 0 saturated carbocycles. The maximum absolute atomic E-state index is 13.3. The van der Waals surface area contributed by atoms with Crippen LogP contribution in [0.15, 0.2) is 0 Å². The predicted molar refractivity (Wildman–Crippen MR) is 62.2 cm³/mol. The average molecular weight is 506 g/mol. The summed E-state index contributed by atoms with van der Waals surface area (Å²) in [5.41, 5.74) is 0.971. The number of halogens is 17. The summed E-state index contributed by atoms with van der Waals surface area (Å²) in [6, 6.07) is 0. The average Bonchev–Trinajstić information content (AvgIpc) is 2.57. The van der Waals surface area contributed by atoms with Gasteiger partial charge in [-0.1, -0.05) is 0 Å². The molecule has 0 aliphatic heterocycles. The topological polar surface area (TPSA) is 55.1 Å². The fraction of sp³-hybridized carbons (Fsp3) is 0.909. The lowest BCUT2D eigenvalue weighted by Gasteiger charge is -2.42. The zero-order valence-electron chi connectivity index (χ0n) is 13.8. The lowest BCUT2D eigenvalue weighted by molar-refractivity contribution is -0.461. The first kappa shape index (κ1) is 29.2. The second kappa shape index (κ2) is 7.68. The van der Waals surface area contributed by atoms with E-state index in [2.05, 4.69) is 5.84 Å². The van der Waals surface area contributed by atoms with Gasteiger partial charge in [0.15, 0.2) is 0 Å². The third kappa shape index (κ3) is 4.06. The highest BCUT2D eigenvalue weighted by molar-refractivity contribution is 5.75. The smallest absolute Gasteiger partial charge is 0.294 e. The first-order chi connectivity index (χ1) is 13.2. The Hall–Kier alpha value is -1.76. The number of rotatable bonds is 9. The number of hydrogen-bond acceptors (Lipinski definition) is 2. The normalized spacial score (nSPS) is 15.8. The van der Waals surface area contributed by atoms with Crippen LogP contribution in [0.2, 0.25) is 0 Å². The molecule has 0 heterocycles. The number of carbonyl (C=O) groups excluding carboxylic acids is 1. The van der Waals surface area contributed by atoms with E-state index in [1.807, 2.05) is 0 Å². The van der Waals surface area contributed by atoms with Gasteiger partial charge in [-0.25, -0.2) is 5.84 Å². The summed E-state index contributed by atoms with van der Waals surface area (Å²) >= 11 is 0. The number of nitrogens with one attached hydrogen (secondary N) is 1. The van der Waals surface area contributed by atoms with Gasteiger partial charge < -0.3 is 0 Å². The van der Waals surface area contributed by atoms with Gasteiger partial charge in [0.1, 0.15) is 0 Å². The molecule has 0 aromatic rings. The van der Waals surface area contributed by atoms with Crippen LogP contribution >= 0.6 is 0 Å². The number of hydrogen-bond donors (Lipinski definition) is 2. The van der Waals surface area contributed by atoms with Gasteiger partial charge in [-0.2, -0.15) is 74.6 Å². The van der Waals surface area contributed by atoms with Gasteiger partial charge in [-0.3, -0.25) is 10.2 Å². The van der Waals surface area contributed by atoms with Crippen LogP contribution in [-0.4, -0.2) is 53.5 Å². The molecule has 3 N–H and O–H groups in total. The molecule has 0 bridgehead atoms. The van der Waals surface area contributed by atoms with E-state index in [0.717, 1.165) is 5.43 Å². The summed E-state index contributed by atoms with van der Waals surface area (Å²) < 4.78 is 220. The molecule has 3 nitrogen and oxygen atoms in total. The van der Waals surface area contributed by atoms with Crippen molar-refractivity contribution in [1.29, 1.82) is 0 Å². The minimum absolute atomic E-state index is 0.971. The van der Waals surface area contributed by atoms with E-state index < -0.39 is 66.4 Å². The molecule has 0 rings (SSSR count). The molecule has 0 aliphatic carbocycles. The van der Waals surface area contributed by atoms with Crippen LogP contribution < -0.4 is 11.3 Å². The van der Waals surface area contributed by atoms with Crippen molar-refractivity contribution in [2.24, 2.45) is 5.84 Å². The van der Waals surface area contributed by atoms with Crippen LogP contribution in [0.1, 0.15) is 12.8 Å². The molecule has 0 atom stereocenters. The van der Waals surface area contributed by atoms with Crippen LogP contribution in [0.5, 0.6) is 0 Å². The molecule has 0 fully saturated rings. The molecule has 0 aromatic heterocycles. The summed E-state index contributed by atoms with van der Waals surface area (Å²) in [5, 5.41) is 0. The highest BCUT2D eigenvalue weighted by Gasteiger charge is 2.95. The molecule has 0 radical (unpaired) electrons. The van der Waals surface area contributed by atoms with Crippen LogP contribution in [0.4, 0.5) is 74.6 Å². The molecular weight excluding hydrogens is 499 g/mol. The number of carbonyl (C=O) groups is 1. The summed E-state index contributed by atoms with van der Waals surface area (Å²) in [4.78, 5) is 10.6. The highest BCUT2D eigenvalue weighted by Crippen LogP contribution is 2.64. The number of nitrogens with two attached hydrogens (primary N) is 1. The van der Waals surface area contributed by atoms with E-state index in [1.54, 1.807) is 0 Å².